The van der Waals surface area contributed by atoms with Gasteiger partial charge in [-0.1, -0.05) is 60.7 Å². The van der Waals surface area contributed by atoms with Gasteiger partial charge in [0.15, 0.2) is 0 Å². The number of hydrogen-bond acceptors (Lipinski definition) is 4. The van der Waals surface area contributed by atoms with Gasteiger partial charge < -0.3 is 14.8 Å². The lowest BCUT2D eigenvalue weighted by atomic mass is 9.83. The number of fused-ring (bicyclic) bond motifs is 1. The van der Waals surface area contributed by atoms with Crippen molar-refractivity contribution in [2.45, 2.75) is 38.8 Å². The van der Waals surface area contributed by atoms with Crippen LogP contribution in [0.25, 0.3) is 21.9 Å². The van der Waals surface area contributed by atoms with Crippen LogP contribution in [-0.4, -0.2) is 20.2 Å². The highest BCUT2D eigenvalue weighted by atomic mass is 16.5. The molecule has 0 radical (unpaired) electrons. The van der Waals surface area contributed by atoms with E-state index in [1.165, 1.54) is 34.6 Å². The molecule has 0 aliphatic carbocycles. The van der Waals surface area contributed by atoms with Gasteiger partial charge in [-0.25, -0.2) is 0 Å². The van der Waals surface area contributed by atoms with Crippen molar-refractivity contribution >= 4 is 16.7 Å². The van der Waals surface area contributed by atoms with Gasteiger partial charge in [0.2, 0.25) is 0 Å². The van der Waals surface area contributed by atoms with E-state index in [1.807, 2.05) is 38.1 Å². The summed E-state index contributed by atoms with van der Waals surface area (Å²) in [6.45, 7) is 6.68. The predicted octanol–water partition coefficient (Wildman–Crippen LogP) is 6.82. The number of nitrogens with one attached hydrogen (secondary N) is 1. The van der Waals surface area contributed by atoms with Crippen molar-refractivity contribution in [2.24, 2.45) is 0 Å². The summed E-state index contributed by atoms with van der Waals surface area (Å²) < 4.78 is 10.4. The molecule has 0 fully saturated rings. The lowest BCUT2D eigenvalue weighted by molar-refractivity contribution is -0.146. The Kier molecular flexibility index (Phi) is 7.23. The van der Waals surface area contributed by atoms with Crippen molar-refractivity contribution in [1.82, 2.24) is 5.32 Å². The number of hydrogen-bond donors (Lipinski definition) is 1. The quantitative estimate of drug-likeness (QED) is 0.289. The van der Waals surface area contributed by atoms with Gasteiger partial charge >= 0.3 is 5.97 Å². The van der Waals surface area contributed by atoms with E-state index in [1.54, 1.807) is 7.11 Å². The van der Waals surface area contributed by atoms with E-state index < -0.39 is 5.41 Å². The lowest BCUT2D eigenvalue weighted by Gasteiger charge is -2.22. The molecule has 1 N–H and O–H groups in total. The summed E-state index contributed by atoms with van der Waals surface area (Å²) in [6.07, 6.45) is 0. The normalized spacial score (nSPS) is 12.4. The van der Waals surface area contributed by atoms with Crippen LogP contribution in [0.2, 0.25) is 0 Å². The molecule has 0 amide bonds. The second kappa shape index (κ2) is 10.3. The van der Waals surface area contributed by atoms with Crippen molar-refractivity contribution in [3.05, 3.63) is 102 Å². The zero-order valence-electron chi connectivity index (χ0n) is 21.1. The van der Waals surface area contributed by atoms with Crippen LogP contribution in [0.4, 0.5) is 0 Å². The van der Waals surface area contributed by atoms with Crippen molar-refractivity contribution in [3.63, 3.8) is 0 Å². The molecule has 35 heavy (non-hydrogen) atoms. The van der Waals surface area contributed by atoms with Crippen LogP contribution in [0.1, 0.15) is 43.5 Å². The van der Waals surface area contributed by atoms with Crippen LogP contribution < -0.4 is 10.1 Å². The Balaban J connectivity index is 1.63. The van der Waals surface area contributed by atoms with Crippen LogP contribution in [0.5, 0.6) is 5.75 Å². The van der Waals surface area contributed by atoms with Crippen molar-refractivity contribution in [2.75, 3.05) is 14.2 Å². The van der Waals surface area contributed by atoms with Crippen LogP contribution in [0.3, 0.4) is 0 Å². The smallest absolute Gasteiger partial charge is 0.315 e. The molecule has 4 aromatic carbocycles. The van der Waals surface area contributed by atoms with Gasteiger partial charge in [-0.2, -0.15) is 0 Å². The largest absolute Gasteiger partial charge is 0.497 e. The molecule has 0 spiro atoms. The van der Waals surface area contributed by atoms with Crippen molar-refractivity contribution in [1.29, 1.82) is 0 Å². The highest BCUT2D eigenvalue weighted by molar-refractivity contribution is 5.97. The standard InChI is InChI=1S/C31H33NO3/c1-21(24-10-8-11-27(19-24)34-4)32-20-22-17-25-9-6-7-12-28(25)29(18-22)23-13-15-26(16-14-23)31(2,3)30(33)35-5/h6-19,21,32H,20H2,1-5H3/t21-/m1/s1. The Hall–Kier alpha value is -3.63. The number of ether oxygens (including phenoxy) is 2. The molecule has 0 bridgehead atoms. The average Bonchev–Trinajstić information content (AvgIpc) is 2.90. The predicted molar refractivity (Wildman–Crippen MR) is 143 cm³/mol. The molecule has 1 atom stereocenters. The number of methoxy groups -OCH3 is 2. The van der Waals surface area contributed by atoms with Gasteiger partial charge in [0.25, 0.3) is 0 Å². The third kappa shape index (κ3) is 5.23. The van der Waals surface area contributed by atoms with E-state index in [9.17, 15) is 4.79 Å². The van der Waals surface area contributed by atoms with Gasteiger partial charge in [-0.05, 0) is 83.6 Å². The monoisotopic (exact) mass is 467 g/mol. The minimum absolute atomic E-state index is 0.180. The minimum atomic E-state index is -0.697. The zero-order valence-corrected chi connectivity index (χ0v) is 21.1. The highest BCUT2D eigenvalue weighted by Gasteiger charge is 2.30. The van der Waals surface area contributed by atoms with Gasteiger partial charge in [0, 0.05) is 12.6 Å². The topological polar surface area (TPSA) is 47.6 Å². The molecular formula is C31H33NO3. The Morgan fingerprint density at radius 3 is 2.37 bits per heavy atom. The maximum Gasteiger partial charge on any atom is 0.315 e. The van der Waals surface area contributed by atoms with E-state index in [0.29, 0.717) is 0 Å². The molecule has 0 unspecified atom stereocenters. The number of carbonyl (C=O) groups excluding carboxylic acids is 1. The van der Waals surface area contributed by atoms with Crippen LogP contribution >= 0.6 is 0 Å². The summed E-state index contributed by atoms with van der Waals surface area (Å²) in [5.41, 5.74) is 4.94. The third-order valence-corrected chi connectivity index (χ3v) is 6.74. The van der Waals surface area contributed by atoms with E-state index in [2.05, 4.69) is 72.9 Å². The van der Waals surface area contributed by atoms with Crippen LogP contribution in [0, 0.1) is 0 Å². The fraction of sp³-hybridized carbons (Fsp3) is 0.258. The summed E-state index contributed by atoms with van der Waals surface area (Å²) in [5.74, 6) is 0.622. The summed E-state index contributed by atoms with van der Waals surface area (Å²) >= 11 is 0. The second-order valence-corrected chi connectivity index (χ2v) is 9.44. The number of carbonyl (C=O) groups is 1. The van der Waals surface area contributed by atoms with E-state index >= 15 is 0 Å². The summed E-state index contributed by atoms with van der Waals surface area (Å²) in [7, 11) is 3.12. The van der Waals surface area contributed by atoms with E-state index in [4.69, 9.17) is 9.47 Å². The maximum atomic E-state index is 12.2. The average molecular weight is 468 g/mol. The van der Waals surface area contributed by atoms with Gasteiger partial charge in [0.05, 0.1) is 19.6 Å². The van der Waals surface area contributed by atoms with Gasteiger partial charge in [-0.15, -0.1) is 0 Å². The number of esters is 1. The molecular weight excluding hydrogens is 434 g/mol. The summed E-state index contributed by atoms with van der Waals surface area (Å²) in [4.78, 5) is 12.2. The first-order valence-electron chi connectivity index (χ1n) is 11.9. The highest BCUT2D eigenvalue weighted by Crippen LogP contribution is 2.33. The van der Waals surface area contributed by atoms with Crippen LogP contribution in [-0.2, 0) is 21.5 Å². The molecule has 0 saturated heterocycles. The maximum absolute atomic E-state index is 12.2. The van der Waals surface area contributed by atoms with E-state index in [-0.39, 0.29) is 12.0 Å². The van der Waals surface area contributed by atoms with Gasteiger partial charge in [0.1, 0.15) is 5.75 Å². The van der Waals surface area contributed by atoms with Crippen LogP contribution in [0.15, 0.2) is 84.9 Å². The summed E-state index contributed by atoms with van der Waals surface area (Å²) in [6, 6.07) is 29.6. The fourth-order valence-corrected chi connectivity index (χ4v) is 4.45. The molecule has 4 aromatic rings. The Morgan fingerprint density at radius 1 is 0.914 bits per heavy atom. The van der Waals surface area contributed by atoms with Crippen molar-refractivity contribution < 1.29 is 14.3 Å². The minimum Gasteiger partial charge on any atom is -0.497 e. The third-order valence-electron chi connectivity index (χ3n) is 6.74. The molecule has 0 aromatic heterocycles. The molecule has 180 valence electrons. The number of benzene rings is 4. The Labute approximate surface area is 207 Å². The van der Waals surface area contributed by atoms with E-state index in [0.717, 1.165) is 23.4 Å². The van der Waals surface area contributed by atoms with Gasteiger partial charge in [-0.3, -0.25) is 4.79 Å². The zero-order chi connectivity index (χ0) is 25.0. The SMILES string of the molecule is COC(=O)C(C)(C)c1ccc(-c2cc(CN[C@H](C)c3cccc(OC)c3)cc3ccccc23)cc1. The second-order valence-electron chi connectivity index (χ2n) is 9.44. The summed E-state index contributed by atoms with van der Waals surface area (Å²) in [5, 5.41) is 6.06. The fourth-order valence-electron chi connectivity index (χ4n) is 4.45. The molecule has 0 saturated carbocycles. The molecule has 4 nitrogen and oxygen atoms in total. The van der Waals surface area contributed by atoms with Crippen molar-refractivity contribution in [3.8, 4) is 16.9 Å². The molecule has 0 aliphatic rings. The first-order chi connectivity index (χ1) is 16.8. The Bertz CT molecular complexity index is 1320. The molecule has 0 heterocycles. The first-order valence-corrected chi connectivity index (χ1v) is 11.9. The molecule has 4 heteroatoms. The molecule has 0 aliphatic heterocycles. The lowest BCUT2D eigenvalue weighted by Crippen LogP contribution is -2.30. The number of rotatable bonds is 8. The first kappa shape index (κ1) is 24.5. The Morgan fingerprint density at radius 2 is 1.66 bits per heavy atom. The molecule has 4 rings (SSSR count).